The Morgan fingerprint density at radius 1 is 1.32 bits per heavy atom. The van der Waals surface area contributed by atoms with Crippen molar-refractivity contribution in [2.75, 3.05) is 18.8 Å². The summed E-state index contributed by atoms with van der Waals surface area (Å²) < 4.78 is 23.3. The molecule has 0 radical (unpaired) electrons. The minimum absolute atomic E-state index is 0.151. The molecule has 0 atom stereocenters. The number of hydrogen-bond donors (Lipinski definition) is 2. The fourth-order valence-electron chi connectivity index (χ4n) is 2.57. The summed E-state index contributed by atoms with van der Waals surface area (Å²) in [6, 6.07) is 0. The Labute approximate surface area is 117 Å². The van der Waals surface area contributed by atoms with Crippen molar-refractivity contribution >= 4 is 9.84 Å². The van der Waals surface area contributed by atoms with E-state index in [9.17, 15) is 13.5 Å². The molecule has 1 fully saturated rings. The molecular weight excluding hydrogens is 262 g/mol. The number of aliphatic hydroxyl groups is 1. The van der Waals surface area contributed by atoms with Crippen LogP contribution in [0.2, 0.25) is 0 Å². The maximum Gasteiger partial charge on any atom is 0.153 e. The van der Waals surface area contributed by atoms with Crippen molar-refractivity contribution in [1.29, 1.82) is 0 Å². The van der Waals surface area contributed by atoms with Gasteiger partial charge in [0.2, 0.25) is 0 Å². The molecule has 19 heavy (non-hydrogen) atoms. The lowest BCUT2D eigenvalue weighted by Gasteiger charge is -2.36. The van der Waals surface area contributed by atoms with E-state index in [1.54, 1.807) is 13.8 Å². The number of hydrogen-bond acceptors (Lipinski definition) is 4. The largest absolute Gasteiger partial charge is 0.389 e. The average Bonchev–Trinajstić information content (AvgIpc) is 2.36. The highest BCUT2D eigenvalue weighted by atomic mass is 32.2. The quantitative estimate of drug-likeness (QED) is 0.701. The molecule has 5 heteroatoms. The van der Waals surface area contributed by atoms with Gasteiger partial charge in [-0.05, 0) is 45.4 Å². The van der Waals surface area contributed by atoms with E-state index >= 15 is 0 Å². The zero-order valence-electron chi connectivity index (χ0n) is 12.5. The third-order valence-electron chi connectivity index (χ3n) is 4.35. The highest BCUT2D eigenvalue weighted by Crippen LogP contribution is 2.33. The molecule has 0 unspecified atom stereocenters. The zero-order valence-corrected chi connectivity index (χ0v) is 13.3. The van der Waals surface area contributed by atoms with Gasteiger partial charge < -0.3 is 10.4 Å². The van der Waals surface area contributed by atoms with Gasteiger partial charge in [0.25, 0.3) is 0 Å². The van der Waals surface area contributed by atoms with Gasteiger partial charge in [-0.2, -0.15) is 0 Å². The summed E-state index contributed by atoms with van der Waals surface area (Å²) in [6.07, 6.45) is 5.01. The Morgan fingerprint density at radius 3 is 2.37 bits per heavy atom. The fraction of sp³-hybridized carbons (Fsp3) is 1.00. The summed E-state index contributed by atoms with van der Waals surface area (Å²) in [4.78, 5) is 0. The van der Waals surface area contributed by atoms with Crippen LogP contribution in [0.5, 0.6) is 0 Å². The van der Waals surface area contributed by atoms with Gasteiger partial charge in [0.1, 0.15) is 0 Å². The third kappa shape index (κ3) is 5.40. The molecule has 4 nitrogen and oxygen atoms in total. The van der Waals surface area contributed by atoms with Crippen molar-refractivity contribution in [3.05, 3.63) is 0 Å². The molecule has 1 aliphatic rings. The van der Waals surface area contributed by atoms with Gasteiger partial charge in [0, 0.05) is 13.1 Å². The van der Waals surface area contributed by atoms with E-state index < -0.39 is 15.4 Å². The van der Waals surface area contributed by atoms with Crippen LogP contribution in [-0.4, -0.2) is 43.2 Å². The van der Waals surface area contributed by atoms with Crippen LogP contribution >= 0.6 is 0 Å². The van der Waals surface area contributed by atoms with E-state index in [2.05, 4.69) is 12.2 Å². The molecule has 0 aromatic heterocycles. The minimum atomic E-state index is -2.98. The SMILES string of the molecule is CCC1CCC(O)(CNCCS(=O)(=O)C(C)C)CC1. The molecule has 114 valence electrons. The van der Waals surface area contributed by atoms with Crippen LogP contribution in [0.3, 0.4) is 0 Å². The second-order valence-electron chi connectivity index (χ2n) is 6.17. The van der Waals surface area contributed by atoms with Crippen LogP contribution in [0.15, 0.2) is 0 Å². The summed E-state index contributed by atoms with van der Waals surface area (Å²) in [5.41, 5.74) is -0.632. The van der Waals surface area contributed by atoms with Gasteiger partial charge in [-0.15, -0.1) is 0 Å². The van der Waals surface area contributed by atoms with Crippen LogP contribution < -0.4 is 5.32 Å². The monoisotopic (exact) mass is 291 g/mol. The molecule has 0 heterocycles. The third-order valence-corrected chi connectivity index (χ3v) is 6.56. The highest BCUT2D eigenvalue weighted by molar-refractivity contribution is 7.92. The smallest absolute Gasteiger partial charge is 0.153 e. The normalized spacial score (nSPS) is 28.8. The van der Waals surface area contributed by atoms with Gasteiger partial charge in [0.15, 0.2) is 9.84 Å². The van der Waals surface area contributed by atoms with E-state index in [4.69, 9.17) is 0 Å². The average molecular weight is 291 g/mol. The molecule has 1 rings (SSSR count). The highest BCUT2D eigenvalue weighted by Gasteiger charge is 2.32. The lowest BCUT2D eigenvalue weighted by molar-refractivity contribution is -0.00811. The molecule has 0 bridgehead atoms. The maximum atomic E-state index is 11.6. The first kappa shape index (κ1) is 16.9. The van der Waals surface area contributed by atoms with Gasteiger partial charge in [0.05, 0.1) is 16.6 Å². The lowest BCUT2D eigenvalue weighted by atomic mass is 9.78. The number of rotatable bonds is 7. The maximum absolute atomic E-state index is 11.6. The second-order valence-corrected chi connectivity index (χ2v) is 8.85. The van der Waals surface area contributed by atoms with Crippen LogP contribution in [-0.2, 0) is 9.84 Å². The van der Waals surface area contributed by atoms with Crippen LogP contribution in [0, 0.1) is 5.92 Å². The van der Waals surface area contributed by atoms with Crippen molar-refractivity contribution in [3.8, 4) is 0 Å². The van der Waals surface area contributed by atoms with Crippen molar-refractivity contribution in [2.45, 2.75) is 63.7 Å². The predicted molar refractivity (Wildman–Crippen MR) is 79.0 cm³/mol. The van der Waals surface area contributed by atoms with Crippen molar-refractivity contribution in [2.24, 2.45) is 5.92 Å². The Kier molecular flexibility index (Phi) is 6.27. The van der Waals surface area contributed by atoms with Crippen molar-refractivity contribution in [1.82, 2.24) is 5.32 Å². The molecule has 1 aliphatic carbocycles. The molecule has 0 aromatic carbocycles. The second kappa shape index (κ2) is 7.04. The lowest BCUT2D eigenvalue weighted by Crippen LogP contribution is -2.44. The summed E-state index contributed by atoms with van der Waals surface area (Å²) in [5.74, 6) is 0.903. The molecule has 0 amide bonds. The Balaban J connectivity index is 2.26. The van der Waals surface area contributed by atoms with Gasteiger partial charge in [-0.1, -0.05) is 13.3 Å². The van der Waals surface area contributed by atoms with E-state index in [-0.39, 0.29) is 11.0 Å². The number of sulfone groups is 1. The molecule has 0 aliphatic heterocycles. The summed E-state index contributed by atoms with van der Waals surface area (Å²) >= 11 is 0. The molecule has 2 N–H and O–H groups in total. The Morgan fingerprint density at radius 2 is 1.89 bits per heavy atom. The summed E-state index contributed by atoms with van der Waals surface area (Å²) in [5, 5.41) is 13.2. The molecule has 0 aromatic rings. The number of nitrogens with one attached hydrogen (secondary N) is 1. The van der Waals surface area contributed by atoms with Crippen molar-refractivity contribution < 1.29 is 13.5 Å². The van der Waals surface area contributed by atoms with Crippen LogP contribution in [0.1, 0.15) is 52.9 Å². The standard InChI is InChI=1S/C14H29NO3S/c1-4-13-5-7-14(16,8-6-13)11-15-9-10-19(17,18)12(2)3/h12-13,15-16H,4-11H2,1-3H3. The Hall–Kier alpha value is -0.130. The first-order valence-electron chi connectivity index (χ1n) is 7.44. The summed E-state index contributed by atoms with van der Waals surface area (Å²) in [6.45, 7) is 6.55. The first-order chi connectivity index (χ1) is 8.79. The van der Waals surface area contributed by atoms with Crippen LogP contribution in [0.4, 0.5) is 0 Å². The van der Waals surface area contributed by atoms with Gasteiger partial charge in [-0.3, -0.25) is 0 Å². The van der Waals surface area contributed by atoms with Gasteiger partial charge in [-0.25, -0.2) is 8.42 Å². The first-order valence-corrected chi connectivity index (χ1v) is 9.15. The van der Waals surface area contributed by atoms with E-state index in [0.717, 1.165) is 31.6 Å². The zero-order chi connectivity index (χ0) is 14.5. The topological polar surface area (TPSA) is 66.4 Å². The van der Waals surface area contributed by atoms with E-state index in [1.807, 2.05) is 0 Å². The fourth-order valence-corrected chi connectivity index (χ4v) is 3.47. The summed E-state index contributed by atoms with van der Waals surface area (Å²) in [7, 11) is -2.98. The van der Waals surface area contributed by atoms with E-state index in [1.165, 1.54) is 6.42 Å². The molecule has 0 saturated heterocycles. The molecule has 0 spiro atoms. The Bertz CT molecular complexity index is 357. The van der Waals surface area contributed by atoms with Gasteiger partial charge >= 0.3 is 0 Å². The minimum Gasteiger partial charge on any atom is -0.389 e. The predicted octanol–water partition coefficient (Wildman–Crippen LogP) is 1.73. The van der Waals surface area contributed by atoms with E-state index in [0.29, 0.717) is 13.1 Å². The molecular formula is C14H29NO3S. The van der Waals surface area contributed by atoms with Crippen LogP contribution in [0.25, 0.3) is 0 Å². The molecule has 1 saturated carbocycles. The van der Waals surface area contributed by atoms with Crippen molar-refractivity contribution in [3.63, 3.8) is 0 Å².